The van der Waals surface area contributed by atoms with Crippen molar-refractivity contribution in [2.75, 3.05) is 32.8 Å². The molecule has 1 heterocycles. The molecule has 0 aromatic carbocycles. The molecule has 4 nitrogen and oxygen atoms in total. The molecule has 2 N–H and O–H groups in total. The highest BCUT2D eigenvalue weighted by Crippen LogP contribution is 2.18. The molecular formula is C15H32N2O2. The van der Waals surface area contributed by atoms with Gasteiger partial charge in [-0.25, -0.2) is 0 Å². The van der Waals surface area contributed by atoms with E-state index in [1.54, 1.807) is 0 Å². The lowest BCUT2D eigenvalue weighted by Gasteiger charge is -2.37. The number of nitrogens with zero attached hydrogens (tertiary/aromatic N) is 1. The minimum absolute atomic E-state index is 0.0851. The first-order chi connectivity index (χ1) is 9.05. The summed E-state index contributed by atoms with van der Waals surface area (Å²) >= 11 is 0. The second-order valence-electron chi connectivity index (χ2n) is 5.94. The number of hydrogen-bond acceptors (Lipinski definition) is 4. The van der Waals surface area contributed by atoms with Crippen LogP contribution in [0.5, 0.6) is 0 Å². The Kier molecular flexibility index (Phi) is 7.29. The predicted molar refractivity (Wildman–Crippen MR) is 79.5 cm³/mol. The van der Waals surface area contributed by atoms with E-state index in [9.17, 15) is 5.11 Å². The van der Waals surface area contributed by atoms with E-state index in [1.807, 2.05) is 0 Å². The van der Waals surface area contributed by atoms with Crippen molar-refractivity contribution in [3.8, 4) is 0 Å². The van der Waals surface area contributed by atoms with Crippen LogP contribution in [0.2, 0.25) is 0 Å². The molecule has 19 heavy (non-hydrogen) atoms. The highest BCUT2D eigenvalue weighted by atomic mass is 16.5. The van der Waals surface area contributed by atoms with E-state index < -0.39 is 0 Å². The first kappa shape index (κ1) is 16.9. The number of aliphatic hydroxyl groups excluding tert-OH is 1. The minimum atomic E-state index is -0.0851. The summed E-state index contributed by atoms with van der Waals surface area (Å²) in [5, 5.41) is 13.1. The number of ether oxygens (including phenoxy) is 1. The quantitative estimate of drug-likeness (QED) is 0.705. The molecule has 1 rings (SSSR count). The summed E-state index contributed by atoms with van der Waals surface area (Å²) in [6, 6.07) is 0. The van der Waals surface area contributed by atoms with E-state index in [0.717, 1.165) is 45.4 Å². The molecule has 0 saturated carbocycles. The third kappa shape index (κ3) is 5.38. The van der Waals surface area contributed by atoms with Crippen LogP contribution in [0.3, 0.4) is 0 Å². The maximum Gasteiger partial charge on any atom is 0.0678 e. The molecular weight excluding hydrogens is 240 g/mol. The molecule has 1 aliphatic heterocycles. The second-order valence-corrected chi connectivity index (χ2v) is 5.94. The van der Waals surface area contributed by atoms with Crippen LogP contribution in [-0.4, -0.2) is 60.5 Å². The fraction of sp³-hybridized carbons (Fsp3) is 1.00. The van der Waals surface area contributed by atoms with Crippen molar-refractivity contribution in [2.45, 2.75) is 64.7 Å². The number of aliphatic hydroxyl groups is 1. The summed E-state index contributed by atoms with van der Waals surface area (Å²) < 4.78 is 5.75. The van der Waals surface area contributed by atoms with Gasteiger partial charge in [0.25, 0.3) is 0 Å². The van der Waals surface area contributed by atoms with Crippen molar-refractivity contribution < 1.29 is 9.84 Å². The number of rotatable bonds is 8. The van der Waals surface area contributed by atoms with Gasteiger partial charge >= 0.3 is 0 Å². The number of hydrogen-bond donors (Lipinski definition) is 2. The molecule has 0 radical (unpaired) electrons. The zero-order valence-corrected chi connectivity index (χ0v) is 13.1. The molecule has 4 heteroatoms. The van der Waals surface area contributed by atoms with Gasteiger partial charge in [-0.1, -0.05) is 13.8 Å². The topological polar surface area (TPSA) is 44.7 Å². The van der Waals surface area contributed by atoms with Gasteiger partial charge in [-0.3, -0.25) is 4.90 Å². The molecule has 0 amide bonds. The Bertz CT molecular complexity index is 234. The van der Waals surface area contributed by atoms with E-state index in [-0.39, 0.29) is 12.1 Å². The second kappa shape index (κ2) is 8.20. The van der Waals surface area contributed by atoms with E-state index in [2.05, 4.69) is 37.9 Å². The summed E-state index contributed by atoms with van der Waals surface area (Å²) in [5.41, 5.74) is -0.0851. The largest absolute Gasteiger partial charge is 0.394 e. The van der Waals surface area contributed by atoms with Crippen molar-refractivity contribution in [3.05, 3.63) is 0 Å². The summed E-state index contributed by atoms with van der Waals surface area (Å²) in [6.45, 7) is 12.9. The van der Waals surface area contributed by atoms with Crippen molar-refractivity contribution in [1.29, 1.82) is 0 Å². The third-order valence-electron chi connectivity index (χ3n) is 4.16. The van der Waals surface area contributed by atoms with Gasteiger partial charge in [0.05, 0.1) is 18.8 Å². The molecule has 1 unspecified atom stereocenters. The molecule has 3 atom stereocenters. The molecule has 0 aliphatic carbocycles. The Hall–Kier alpha value is -0.160. The Balaban J connectivity index is 2.35. The van der Waals surface area contributed by atoms with Crippen LogP contribution in [-0.2, 0) is 4.74 Å². The average molecular weight is 272 g/mol. The van der Waals surface area contributed by atoms with Crippen LogP contribution < -0.4 is 5.32 Å². The number of nitrogens with one attached hydrogen (secondary N) is 1. The lowest BCUT2D eigenvalue weighted by atomic mass is 9.91. The first-order valence-corrected chi connectivity index (χ1v) is 7.79. The molecule has 0 spiro atoms. The van der Waals surface area contributed by atoms with Gasteiger partial charge in [-0.15, -0.1) is 0 Å². The molecule has 0 bridgehead atoms. The van der Waals surface area contributed by atoms with Gasteiger partial charge in [0.2, 0.25) is 0 Å². The van der Waals surface area contributed by atoms with Gasteiger partial charge in [0.1, 0.15) is 0 Å². The minimum Gasteiger partial charge on any atom is -0.394 e. The molecule has 1 fully saturated rings. The zero-order valence-electron chi connectivity index (χ0n) is 13.1. The molecule has 0 aromatic rings. The predicted octanol–water partition coefficient (Wildman–Crippen LogP) is 1.63. The van der Waals surface area contributed by atoms with E-state index in [0.29, 0.717) is 12.2 Å². The maximum absolute atomic E-state index is 9.63. The maximum atomic E-state index is 9.63. The number of likely N-dealkylation sites (N-methyl/N-ethyl adjacent to an activating group) is 1. The zero-order chi connectivity index (χ0) is 14.3. The van der Waals surface area contributed by atoms with Gasteiger partial charge in [0, 0.05) is 18.6 Å². The van der Waals surface area contributed by atoms with Crippen LogP contribution >= 0.6 is 0 Å². The fourth-order valence-corrected chi connectivity index (χ4v) is 3.12. The van der Waals surface area contributed by atoms with Gasteiger partial charge in [-0.2, -0.15) is 0 Å². The monoisotopic (exact) mass is 272 g/mol. The SMILES string of the molecule is CCNC(CC)(CO)CCCN1C[C@@H](C)O[C@@H](C)C1. The molecule has 0 aromatic heterocycles. The highest BCUT2D eigenvalue weighted by Gasteiger charge is 2.27. The third-order valence-corrected chi connectivity index (χ3v) is 4.16. The Morgan fingerprint density at radius 3 is 2.37 bits per heavy atom. The van der Waals surface area contributed by atoms with Crippen LogP contribution in [0.4, 0.5) is 0 Å². The smallest absolute Gasteiger partial charge is 0.0678 e. The van der Waals surface area contributed by atoms with Gasteiger partial charge in [-0.05, 0) is 46.2 Å². The van der Waals surface area contributed by atoms with Crippen molar-refractivity contribution in [1.82, 2.24) is 10.2 Å². The lowest BCUT2D eigenvalue weighted by Crippen LogP contribution is -2.49. The Morgan fingerprint density at radius 2 is 1.89 bits per heavy atom. The van der Waals surface area contributed by atoms with E-state index in [4.69, 9.17) is 4.74 Å². The van der Waals surface area contributed by atoms with Crippen molar-refractivity contribution >= 4 is 0 Å². The summed E-state index contributed by atoms with van der Waals surface area (Å²) in [5.74, 6) is 0. The molecule has 1 saturated heterocycles. The summed E-state index contributed by atoms with van der Waals surface area (Å²) in [4.78, 5) is 2.49. The van der Waals surface area contributed by atoms with E-state index in [1.165, 1.54) is 0 Å². The van der Waals surface area contributed by atoms with Crippen LogP contribution in [0.25, 0.3) is 0 Å². The standard InChI is InChI=1S/C15H32N2O2/c1-5-15(12-18,16-6-2)8-7-9-17-10-13(3)19-14(4)11-17/h13-14,16,18H,5-12H2,1-4H3/t13-,14+,15?. The molecule has 1 aliphatic rings. The first-order valence-electron chi connectivity index (χ1n) is 7.79. The van der Waals surface area contributed by atoms with Crippen LogP contribution in [0.15, 0.2) is 0 Å². The summed E-state index contributed by atoms with van der Waals surface area (Å²) in [6.07, 6.45) is 3.82. The summed E-state index contributed by atoms with van der Waals surface area (Å²) in [7, 11) is 0. The van der Waals surface area contributed by atoms with Crippen molar-refractivity contribution in [2.24, 2.45) is 0 Å². The normalized spacial score (nSPS) is 28.3. The highest BCUT2D eigenvalue weighted by molar-refractivity contribution is 4.86. The van der Waals surface area contributed by atoms with Crippen molar-refractivity contribution in [3.63, 3.8) is 0 Å². The number of morpholine rings is 1. The van der Waals surface area contributed by atoms with Gasteiger partial charge < -0.3 is 15.2 Å². The van der Waals surface area contributed by atoms with E-state index >= 15 is 0 Å². The Morgan fingerprint density at radius 1 is 1.26 bits per heavy atom. The lowest BCUT2D eigenvalue weighted by molar-refractivity contribution is -0.0686. The Labute approximate surface area is 118 Å². The van der Waals surface area contributed by atoms with Crippen LogP contribution in [0.1, 0.15) is 47.0 Å². The molecule has 114 valence electrons. The van der Waals surface area contributed by atoms with Crippen LogP contribution in [0, 0.1) is 0 Å². The van der Waals surface area contributed by atoms with Gasteiger partial charge in [0.15, 0.2) is 0 Å². The fourth-order valence-electron chi connectivity index (χ4n) is 3.12. The average Bonchev–Trinajstić information content (AvgIpc) is 2.36.